The van der Waals surface area contributed by atoms with Gasteiger partial charge < -0.3 is 28.6 Å². The third-order valence-corrected chi connectivity index (χ3v) is 9.78. The molecule has 1 aliphatic rings. The van der Waals surface area contributed by atoms with E-state index in [4.69, 9.17) is 23.7 Å². The van der Waals surface area contributed by atoms with E-state index in [1.807, 2.05) is 4.90 Å². The van der Waals surface area contributed by atoms with E-state index >= 15 is 0 Å². The van der Waals surface area contributed by atoms with Gasteiger partial charge in [-0.2, -0.15) is 4.98 Å². The number of nitrogens with zero attached hydrogens (tertiary/aromatic N) is 6. The molecule has 292 valence electrons. The maximum atomic E-state index is 14.2. The summed E-state index contributed by atoms with van der Waals surface area (Å²) in [7, 11) is -1.49. The zero-order valence-corrected chi connectivity index (χ0v) is 31.5. The zero-order chi connectivity index (χ0) is 39.3. The minimum atomic E-state index is -4.41. The Labute approximate surface area is 323 Å². The lowest BCUT2D eigenvalue weighted by atomic mass is 10.1. The molecule has 0 spiro atoms. The van der Waals surface area contributed by atoms with E-state index in [0.717, 1.165) is 19.3 Å². The van der Waals surface area contributed by atoms with Crippen molar-refractivity contribution in [1.29, 1.82) is 0 Å². The van der Waals surface area contributed by atoms with Gasteiger partial charge in [0.25, 0.3) is 15.9 Å². The molecule has 0 bridgehead atoms. The first-order chi connectivity index (χ1) is 27.2. The van der Waals surface area contributed by atoms with E-state index in [2.05, 4.69) is 35.0 Å². The van der Waals surface area contributed by atoms with Crippen LogP contribution in [-0.4, -0.2) is 90.8 Å². The fraction of sp³-hybridized carbons (Fsp3) is 0.289. The fourth-order valence-corrected chi connectivity index (χ4v) is 6.77. The van der Waals surface area contributed by atoms with Gasteiger partial charge in [0.05, 0.1) is 19.1 Å². The van der Waals surface area contributed by atoms with Crippen LogP contribution in [0.3, 0.4) is 0 Å². The number of hydrogen-bond donors (Lipinski definition) is 2. The molecule has 4 heterocycles. The minimum absolute atomic E-state index is 0.000300. The Balaban J connectivity index is 1.32. The number of para-hydroxylation sites is 2. The number of aryl methyl sites for hydroxylation is 1. The van der Waals surface area contributed by atoms with Crippen LogP contribution in [0.25, 0.3) is 11.6 Å². The second kappa shape index (κ2) is 18.7. The van der Waals surface area contributed by atoms with E-state index in [1.165, 1.54) is 51.0 Å². The Morgan fingerprint density at radius 3 is 2.25 bits per heavy atom. The molecule has 17 nitrogen and oxygen atoms in total. The number of hydrogen-bond acceptors (Lipinski definition) is 14. The quantitative estimate of drug-likeness (QED) is 0.118. The van der Waals surface area contributed by atoms with Gasteiger partial charge in [-0.15, -0.1) is 0 Å². The van der Waals surface area contributed by atoms with Crippen molar-refractivity contribution in [3.8, 4) is 40.5 Å². The van der Waals surface area contributed by atoms with E-state index in [0.29, 0.717) is 36.0 Å². The summed E-state index contributed by atoms with van der Waals surface area (Å²) in [5.41, 5.74) is 0.531. The number of carbonyl (C=O) groups is 2. The van der Waals surface area contributed by atoms with Gasteiger partial charge in [0.2, 0.25) is 17.5 Å². The average Bonchev–Trinajstić information content (AvgIpc) is 3.23. The van der Waals surface area contributed by atoms with E-state index in [1.54, 1.807) is 48.5 Å². The first-order valence-corrected chi connectivity index (χ1v) is 19.2. The Morgan fingerprint density at radius 1 is 0.786 bits per heavy atom. The molecule has 2 N–H and O–H groups in total. The number of methoxy groups -OCH3 is 2. The van der Waals surface area contributed by atoms with Gasteiger partial charge in [-0.25, -0.2) is 33.1 Å². The van der Waals surface area contributed by atoms with Crippen molar-refractivity contribution in [2.75, 3.05) is 50.6 Å². The number of benzene rings is 2. The maximum absolute atomic E-state index is 14.2. The summed E-state index contributed by atoms with van der Waals surface area (Å²) in [5.74, 6) is 0.384. The molecule has 1 fully saturated rings. The monoisotopic (exact) mass is 784 g/mol. The van der Waals surface area contributed by atoms with Crippen molar-refractivity contribution < 1.29 is 41.7 Å². The van der Waals surface area contributed by atoms with Crippen molar-refractivity contribution in [1.82, 2.24) is 29.8 Å². The molecule has 6 rings (SSSR count). The van der Waals surface area contributed by atoms with Gasteiger partial charge >= 0.3 is 6.09 Å². The van der Waals surface area contributed by atoms with Gasteiger partial charge in [-0.05, 0) is 79.8 Å². The van der Waals surface area contributed by atoms with Crippen molar-refractivity contribution in [3.63, 3.8) is 0 Å². The van der Waals surface area contributed by atoms with Crippen LogP contribution in [0.1, 0.15) is 31.2 Å². The van der Waals surface area contributed by atoms with Crippen LogP contribution in [0.4, 0.5) is 16.4 Å². The molecule has 2 aromatic carbocycles. The predicted molar refractivity (Wildman–Crippen MR) is 203 cm³/mol. The van der Waals surface area contributed by atoms with Crippen molar-refractivity contribution in [3.05, 3.63) is 90.9 Å². The van der Waals surface area contributed by atoms with Crippen LogP contribution in [0.15, 0.2) is 90.2 Å². The second-order valence-corrected chi connectivity index (χ2v) is 13.9. The number of ether oxygens (including phenoxy) is 5. The Bertz CT molecular complexity index is 2230. The third-order valence-electron chi connectivity index (χ3n) is 8.44. The molecule has 1 aliphatic heterocycles. The number of aromatic nitrogens is 5. The van der Waals surface area contributed by atoms with Gasteiger partial charge in [-0.3, -0.25) is 14.8 Å². The highest BCUT2D eigenvalue weighted by Gasteiger charge is 2.27. The van der Waals surface area contributed by atoms with Crippen molar-refractivity contribution in [2.45, 2.75) is 37.0 Å². The number of nitrogens with one attached hydrogen (secondary N) is 2. The molecule has 18 heteroatoms. The maximum Gasteiger partial charge on any atom is 0.412 e. The standard InChI is InChI=1S/C38H40N8O9S/c1-51-28-16-15-27(25-26(28)14-17-32(47)46-21-8-3-9-22-46)56(49,50)45-34-33(55-30-12-5-4-11-29(30)52-2)37(44-36(43-34)35-40-19-10-20-41-35)53-23-24-54-38(48)42-31-13-6-7-18-39-31/h4-7,10-13,15-16,18-20,25H,3,8-9,14,17,21-24H2,1-2H3,(H,39,42,48)(H,43,44,45). The summed E-state index contributed by atoms with van der Waals surface area (Å²) in [6, 6.07) is 17.6. The van der Waals surface area contributed by atoms with Crippen LogP contribution < -0.4 is 29.0 Å². The topological polar surface area (TPSA) is 206 Å². The summed E-state index contributed by atoms with van der Waals surface area (Å²) in [4.78, 5) is 48.5. The Hall–Kier alpha value is -6.56. The smallest absolute Gasteiger partial charge is 0.412 e. The molecule has 0 atom stereocenters. The van der Waals surface area contributed by atoms with Crippen LogP contribution >= 0.6 is 0 Å². The lowest BCUT2D eigenvalue weighted by Gasteiger charge is -2.26. The molecule has 56 heavy (non-hydrogen) atoms. The summed E-state index contributed by atoms with van der Waals surface area (Å²) >= 11 is 0. The van der Waals surface area contributed by atoms with E-state index < -0.39 is 16.1 Å². The molecule has 3 aromatic heterocycles. The SMILES string of the molecule is COc1ccc(S(=O)(=O)Nc2nc(-c3ncccn3)nc(OCCOC(=O)Nc3ccccn3)c2Oc2ccccc2OC)cc1CCC(=O)N1CCCCC1. The number of sulfonamides is 1. The summed E-state index contributed by atoms with van der Waals surface area (Å²) in [5, 5.41) is 2.51. The Morgan fingerprint density at radius 2 is 1.52 bits per heavy atom. The summed E-state index contributed by atoms with van der Waals surface area (Å²) < 4.78 is 59.4. The predicted octanol–water partition coefficient (Wildman–Crippen LogP) is 5.51. The number of anilines is 2. The molecule has 5 aromatic rings. The summed E-state index contributed by atoms with van der Waals surface area (Å²) in [6.45, 7) is 0.934. The van der Waals surface area contributed by atoms with Crippen LogP contribution in [0.2, 0.25) is 0 Å². The molecular weight excluding hydrogens is 745 g/mol. The molecule has 0 aliphatic carbocycles. The average molecular weight is 785 g/mol. The lowest BCUT2D eigenvalue weighted by Crippen LogP contribution is -2.35. The van der Waals surface area contributed by atoms with Gasteiger partial charge in [0, 0.05) is 38.1 Å². The molecule has 1 saturated heterocycles. The Kier molecular flexibility index (Phi) is 13.0. The van der Waals surface area contributed by atoms with E-state index in [-0.39, 0.29) is 71.7 Å². The second-order valence-electron chi connectivity index (χ2n) is 12.2. The third kappa shape index (κ3) is 10.1. The molecule has 2 amide bonds. The summed E-state index contributed by atoms with van der Waals surface area (Å²) in [6.07, 6.45) is 7.14. The van der Waals surface area contributed by atoms with Gasteiger partial charge in [0.1, 0.15) is 24.8 Å². The van der Waals surface area contributed by atoms with Crippen molar-refractivity contribution >= 4 is 33.7 Å². The first kappa shape index (κ1) is 39.1. The number of rotatable bonds is 16. The fourth-order valence-electron chi connectivity index (χ4n) is 5.71. The van der Waals surface area contributed by atoms with Gasteiger partial charge in [-0.1, -0.05) is 18.2 Å². The molecule has 0 radical (unpaired) electrons. The largest absolute Gasteiger partial charge is 0.496 e. The normalized spacial score (nSPS) is 12.6. The molecule has 0 unspecified atom stereocenters. The van der Waals surface area contributed by atoms with Crippen LogP contribution in [0, 0.1) is 0 Å². The number of likely N-dealkylation sites (tertiary alicyclic amines) is 1. The molecule has 0 saturated carbocycles. The number of piperidine rings is 1. The highest BCUT2D eigenvalue weighted by atomic mass is 32.2. The minimum Gasteiger partial charge on any atom is -0.496 e. The zero-order valence-electron chi connectivity index (χ0n) is 30.7. The van der Waals surface area contributed by atoms with Crippen LogP contribution in [0.5, 0.6) is 28.9 Å². The highest BCUT2D eigenvalue weighted by Crippen LogP contribution is 2.41. The molecular formula is C38H40N8O9S. The van der Waals surface area contributed by atoms with Crippen molar-refractivity contribution in [2.24, 2.45) is 0 Å². The van der Waals surface area contributed by atoms with Crippen LogP contribution in [-0.2, 0) is 26.0 Å². The van der Waals surface area contributed by atoms with Gasteiger partial charge in [0.15, 0.2) is 23.1 Å². The number of pyridine rings is 1. The highest BCUT2D eigenvalue weighted by molar-refractivity contribution is 7.92. The first-order valence-electron chi connectivity index (χ1n) is 17.7. The number of amides is 2. The van der Waals surface area contributed by atoms with E-state index in [9.17, 15) is 18.0 Å². The lowest BCUT2D eigenvalue weighted by molar-refractivity contribution is -0.132. The number of carbonyl (C=O) groups excluding carboxylic acids is 2.